The summed E-state index contributed by atoms with van der Waals surface area (Å²) in [4.78, 5) is 5.40. The molecule has 0 saturated carbocycles. The van der Waals surface area contributed by atoms with Gasteiger partial charge in [0.15, 0.2) is 0 Å². The summed E-state index contributed by atoms with van der Waals surface area (Å²) in [6, 6.07) is 0. The quantitative estimate of drug-likeness (QED) is 0.728. The number of H-pyrrole nitrogens is 1. The molecule has 0 aromatic carbocycles. The van der Waals surface area contributed by atoms with Gasteiger partial charge in [-0.05, 0) is 20.9 Å². The van der Waals surface area contributed by atoms with E-state index in [0.717, 1.165) is 9.88 Å². The first kappa shape index (κ1) is 15.1. The molecule has 0 aliphatic carbocycles. The topological polar surface area (TPSA) is 99.8 Å². The summed E-state index contributed by atoms with van der Waals surface area (Å²) in [5.41, 5.74) is 1.01. The molecule has 0 fully saturated rings. The number of thiazole rings is 1. The molecule has 7 nitrogen and oxygen atoms in total. The van der Waals surface area contributed by atoms with Crippen molar-refractivity contribution in [3.63, 3.8) is 0 Å². The van der Waals surface area contributed by atoms with Crippen LogP contribution in [-0.2, 0) is 23.1 Å². The van der Waals surface area contributed by atoms with E-state index < -0.39 is 10.0 Å². The van der Waals surface area contributed by atoms with Crippen molar-refractivity contribution in [1.29, 1.82) is 0 Å². The monoisotopic (exact) mass is 315 g/mol. The Morgan fingerprint density at radius 3 is 2.70 bits per heavy atom. The van der Waals surface area contributed by atoms with Gasteiger partial charge in [0.25, 0.3) is 0 Å². The fourth-order valence-electron chi connectivity index (χ4n) is 1.83. The zero-order valence-electron chi connectivity index (χ0n) is 11.5. The zero-order valence-corrected chi connectivity index (χ0v) is 13.2. The van der Waals surface area contributed by atoms with Crippen LogP contribution in [0.1, 0.15) is 21.3 Å². The summed E-state index contributed by atoms with van der Waals surface area (Å²) in [5.74, 6) is 0. The molecule has 0 radical (unpaired) electrons. The molecule has 110 valence electrons. The van der Waals surface area contributed by atoms with Gasteiger partial charge in [0.05, 0.1) is 17.9 Å². The third-order valence-electron chi connectivity index (χ3n) is 2.66. The lowest BCUT2D eigenvalue weighted by Crippen LogP contribution is -2.25. The fourth-order valence-corrected chi connectivity index (χ4v) is 3.99. The average molecular weight is 315 g/mol. The molecule has 2 aromatic rings. The van der Waals surface area contributed by atoms with Crippen LogP contribution in [0, 0.1) is 13.8 Å². The van der Waals surface area contributed by atoms with E-state index in [1.54, 1.807) is 20.2 Å². The van der Waals surface area contributed by atoms with E-state index in [2.05, 4.69) is 25.2 Å². The second kappa shape index (κ2) is 6.00. The molecule has 0 bridgehead atoms. The molecule has 3 N–H and O–H groups in total. The molecular formula is C11H17N5O2S2. The van der Waals surface area contributed by atoms with E-state index in [4.69, 9.17) is 0 Å². The number of aromatic amines is 1. The number of nitrogens with one attached hydrogen (secondary N) is 3. The van der Waals surface area contributed by atoms with Gasteiger partial charge in [-0.15, -0.1) is 11.3 Å². The molecular weight excluding hydrogens is 298 g/mol. The molecule has 2 aromatic heterocycles. The van der Waals surface area contributed by atoms with Crippen molar-refractivity contribution in [3.05, 3.63) is 27.5 Å². The molecule has 0 spiro atoms. The van der Waals surface area contributed by atoms with Crippen molar-refractivity contribution >= 4 is 21.4 Å². The summed E-state index contributed by atoms with van der Waals surface area (Å²) in [6.07, 6.45) is 1.73. The van der Waals surface area contributed by atoms with Gasteiger partial charge in [-0.25, -0.2) is 18.1 Å². The standard InChI is InChI=1S/C11H17N5O2S2/c1-7-4-13-10(19-7)6-14-20(17,18)11-8(2)15-16-9(11)5-12-3/h4,12,14H,5-6H2,1-3H3,(H,15,16). The van der Waals surface area contributed by atoms with Crippen LogP contribution in [0.25, 0.3) is 0 Å². The third kappa shape index (κ3) is 3.23. The van der Waals surface area contributed by atoms with Crippen LogP contribution < -0.4 is 10.0 Å². The van der Waals surface area contributed by atoms with Gasteiger partial charge in [-0.3, -0.25) is 5.10 Å². The molecule has 9 heteroatoms. The molecule has 0 saturated heterocycles. The van der Waals surface area contributed by atoms with Crippen molar-refractivity contribution in [2.75, 3.05) is 7.05 Å². The van der Waals surface area contributed by atoms with Crippen LogP contribution in [0.3, 0.4) is 0 Å². The Kier molecular flexibility index (Phi) is 4.53. The van der Waals surface area contributed by atoms with Crippen LogP contribution in [-0.4, -0.2) is 30.6 Å². The van der Waals surface area contributed by atoms with E-state index >= 15 is 0 Å². The zero-order chi connectivity index (χ0) is 14.8. The van der Waals surface area contributed by atoms with Crippen LogP contribution in [0.4, 0.5) is 0 Å². The predicted octanol–water partition coefficient (Wildman–Crippen LogP) is 0.681. The Balaban J connectivity index is 2.20. The second-order valence-electron chi connectivity index (χ2n) is 4.34. The van der Waals surface area contributed by atoms with Gasteiger partial charge < -0.3 is 5.32 Å². The lowest BCUT2D eigenvalue weighted by molar-refractivity contribution is 0.578. The number of rotatable bonds is 6. The van der Waals surface area contributed by atoms with E-state index in [1.807, 2.05) is 6.92 Å². The molecule has 0 aliphatic heterocycles. The van der Waals surface area contributed by atoms with Gasteiger partial charge in [0.2, 0.25) is 10.0 Å². The Morgan fingerprint density at radius 2 is 2.10 bits per heavy atom. The van der Waals surface area contributed by atoms with Crippen LogP contribution in [0.2, 0.25) is 0 Å². The van der Waals surface area contributed by atoms with Gasteiger partial charge in [0.1, 0.15) is 9.90 Å². The van der Waals surface area contributed by atoms with Crippen LogP contribution in [0.15, 0.2) is 11.1 Å². The second-order valence-corrected chi connectivity index (χ2v) is 7.37. The fraction of sp³-hybridized carbons (Fsp3) is 0.455. The molecule has 0 aliphatic rings. The molecule has 2 heterocycles. The van der Waals surface area contributed by atoms with Crippen molar-refractivity contribution in [3.8, 4) is 0 Å². The third-order valence-corrected chi connectivity index (χ3v) is 5.17. The Hall–Kier alpha value is -1.29. The van der Waals surface area contributed by atoms with Gasteiger partial charge in [-0.1, -0.05) is 0 Å². The summed E-state index contributed by atoms with van der Waals surface area (Å²) in [7, 11) is -1.86. The molecule has 2 rings (SSSR count). The number of hydrogen-bond donors (Lipinski definition) is 3. The normalized spacial score (nSPS) is 11.9. The first-order valence-electron chi connectivity index (χ1n) is 6.03. The highest BCUT2D eigenvalue weighted by Gasteiger charge is 2.23. The van der Waals surface area contributed by atoms with E-state index in [1.165, 1.54) is 11.3 Å². The lowest BCUT2D eigenvalue weighted by Gasteiger charge is -2.06. The van der Waals surface area contributed by atoms with Gasteiger partial charge in [0, 0.05) is 17.6 Å². The number of nitrogens with zero attached hydrogens (tertiary/aromatic N) is 2. The van der Waals surface area contributed by atoms with Crippen LogP contribution in [0.5, 0.6) is 0 Å². The molecule has 0 amide bonds. The minimum atomic E-state index is -3.61. The SMILES string of the molecule is CNCc1n[nH]c(C)c1S(=O)(=O)NCc1ncc(C)s1. The molecule has 0 atom stereocenters. The Labute approximate surface area is 121 Å². The van der Waals surface area contributed by atoms with Gasteiger partial charge >= 0.3 is 0 Å². The number of aryl methyl sites for hydroxylation is 2. The van der Waals surface area contributed by atoms with Gasteiger partial charge in [-0.2, -0.15) is 5.10 Å². The smallest absolute Gasteiger partial charge is 0.244 e. The van der Waals surface area contributed by atoms with Crippen molar-refractivity contribution in [2.45, 2.75) is 31.8 Å². The van der Waals surface area contributed by atoms with Crippen molar-refractivity contribution < 1.29 is 8.42 Å². The first-order chi connectivity index (χ1) is 9.44. The maximum atomic E-state index is 12.4. The summed E-state index contributed by atoms with van der Waals surface area (Å²) in [6.45, 7) is 4.19. The Morgan fingerprint density at radius 1 is 1.35 bits per heavy atom. The minimum absolute atomic E-state index is 0.185. The highest BCUT2D eigenvalue weighted by molar-refractivity contribution is 7.89. The maximum absolute atomic E-state index is 12.4. The summed E-state index contributed by atoms with van der Waals surface area (Å²) >= 11 is 1.47. The molecule has 0 unspecified atom stereocenters. The average Bonchev–Trinajstić information content (AvgIpc) is 2.95. The number of aromatic nitrogens is 3. The highest BCUT2D eigenvalue weighted by Crippen LogP contribution is 2.18. The lowest BCUT2D eigenvalue weighted by atomic mass is 10.4. The molecule has 20 heavy (non-hydrogen) atoms. The first-order valence-corrected chi connectivity index (χ1v) is 8.33. The summed E-state index contributed by atoms with van der Waals surface area (Å²) in [5, 5.41) is 10.4. The van der Waals surface area contributed by atoms with Crippen molar-refractivity contribution in [1.82, 2.24) is 25.2 Å². The van der Waals surface area contributed by atoms with Crippen molar-refractivity contribution in [2.24, 2.45) is 0 Å². The van der Waals surface area contributed by atoms with Crippen LogP contribution >= 0.6 is 11.3 Å². The number of sulfonamides is 1. The number of hydrogen-bond acceptors (Lipinski definition) is 6. The van der Waals surface area contributed by atoms with E-state index in [0.29, 0.717) is 17.9 Å². The Bertz CT molecular complexity index is 689. The summed E-state index contributed by atoms with van der Waals surface area (Å²) < 4.78 is 27.3. The maximum Gasteiger partial charge on any atom is 0.244 e. The largest absolute Gasteiger partial charge is 0.314 e. The van der Waals surface area contributed by atoms with E-state index in [9.17, 15) is 8.42 Å². The highest BCUT2D eigenvalue weighted by atomic mass is 32.2. The minimum Gasteiger partial charge on any atom is -0.314 e. The predicted molar refractivity (Wildman–Crippen MR) is 77.0 cm³/mol. The van der Waals surface area contributed by atoms with E-state index in [-0.39, 0.29) is 11.4 Å².